The van der Waals surface area contributed by atoms with Crippen molar-refractivity contribution in [3.8, 4) is 0 Å². The maximum Gasteiger partial charge on any atom is 0.306 e. The van der Waals surface area contributed by atoms with Crippen LogP contribution in [0, 0.1) is 0 Å². The molecule has 0 saturated carbocycles. The largest absolute Gasteiger partial charge is 0.462 e. The molecular formula is C66H112O6. The van der Waals surface area contributed by atoms with Gasteiger partial charge in [-0.2, -0.15) is 0 Å². The fraction of sp³-hybridized carbons (Fsp3) is 0.712. The van der Waals surface area contributed by atoms with Gasteiger partial charge in [-0.05, 0) is 109 Å². The Morgan fingerprint density at radius 3 is 1.03 bits per heavy atom. The molecule has 1 atom stereocenters. The van der Waals surface area contributed by atoms with Gasteiger partial charge in [0.05, 0.1) is 0 Å². The summed E-state index contributed by atoms with van der Waals surface area (Å²) in [6.45, 7) is 6.46. The van der Waals surface area contributed by atoms with Gasteiger partial charge in [0.1, 0.15) is 13.2 Å². The molecule has 0 rings (SSSR count). The number of ether oxygens (including phenoxy) is 3. The molecule has 0 aliphatic rings. The molecule has 0 radical (unpaired) electrons. The van der Waals surface area contributed by atoms with Crippen molar-refractivity contribution < 1.29 is 28.6 Å². The quantitative estimate of drug-likeness (QED) is 0.0199. The van der Waals surface area contributed by atoms with Crippen LogP contribution in [-0.2, 0) is 28.6 Å². The maximum absolute atomic E-state index is 12.9. The lowest BCUT2D eigenvalue weighted by Crippen LogP contribution is -2.30. The van der Waals surface area contributed by atoms with Crippen LogP contribution < -0.4 is 0 Å². The minimum atomic E-state index is -0.808. The molecule has 0 heterocycles. The van der Waals surface area contributed by atoms with Crippen LogP contribution in [0.15, 0.2) is 97.2 Å². The van der Waals surface area contributed by atoms with E-state index in [0.717, 1.165) is 89.9 Å². The zero-order valence-corrected chi connectivity index (χ0v) is 47.2. The molecule has 0 N–H and O–H groups in total. The molecule has 0 aromatic rings. The van der Waals surface area contributed by atoms with E-state index in [0.29, 0.717) is 19.3 Å². The van der Waals surface area contributed by atoms with Gasteiger partial charge in [0, 0.05) is 19.3 Å². The Bertz CT molecular complexity index is 1430. The first kappa shape index (κ1) is 68.3. The molecule has 0 saturated heterocycles. The third-order valence-corrected chi connectivity index (χ3v) is 12.8. The molecule has 72 heavy (non-hydrogen) atoms. The smallest absolute Gasteiger partial charge is 0.306 e. The Morgan fingerprint density at radius 2 is 0.597 bits per heavy atom. The summed E-state index contributed by atoms with van der Waals surface area (Å²) in [5, 5.41) is 0. The second-order valence-corrected chi connectivity index (χ2v) is 19.9. The fourth-order valence-electron chi connectivity index (χ4n) is 8.29. The second kappa shape index (κ2) is 59.9. The van der Waals surface area contributed by atoms with Crippen LogP contribution in [-0.4, -0.2) is 37.2 Å². The number of carbonyl (C=O) groups is 3. The maximum atomic E-state index is 12.9. The van der Waals surface area contributed by atoms with Gasteiger partial charge >= 0.3 is 17.9 Å². The van der Waals surface area contributed by atoms with E-state index in [-0.39, 0.29) is 37.5 Å². The molecule has 0 aromatic carbocycles. The van der Waals surface area contributed by atoms with Crippen LogP contribution in [0.3, 0.4) is 0 Å². The Labute approximate surface area is 445 Å². The molecule has 0 aromatic heterocycles. The Morgan fingerprint density at radius 1 is 0.306 bits per heavy atom. The number of hydrogen-bond donors (Lipinski definition) is 0. The zero-order chi connectivity index (χ0) is 52.2. The number of hydrogen-bond acceptors (Lipinski definition) is 6. The van der Waals surface area contributed by atoms with E-state index in [1.54, 1.807) is 0 Å². The van der Waals surface area contributed by atoms with Gasteiger partial charge in [-0.3, -0.25) is 14.4 Å². The molecule has 6 nitrogen and oxygen atoms in total. The molecular weight excluding hydrogens is 889 g/mol. The van der Waals surface area contributed by atoms with Crippen LogP contribution in [0.5, 0.6) is 0 Å². The highest BCUT2D eigenvalue weighted by atomic mass is 16.6. The van der Waals surface area contributed by atoms with Crippen molar-refractivity contribution in [2.45, 2.75) is 290 Å². The Balaban J connectivity index is 4.47. The molecule has 0 aliphatic heterocycles. The van der Waals surface area contributed by atoms with Gasteiger partial charge in [0.15, 0.2) is 6.10 Å². The highest BCUT2D eigenvalue weighted by molar-refractivity contribution is 5.71. The number of esters is 3. The van der Waals surface area contributed by atoms with E-state index in [1.807, 2.05) is 0 Å². The van der Waals surface area contributed by atoms with Gasteiger partial charge < -0.3 is 14.2 Å². The van der Waals surface area contributed by atoms with Crippen LogP contribution in [0.1, 0.15) is 284 Å². The lowest BCUT2D eigenvalue weighted by molar-refractivity contribution is -0.167. The standard InChI is InChI=1S/C66H112O6/c1-4-7-10-13-16-19-22-25-28-31-33-36-38-41-44-47-50-53-56-59-65(68)71-62-63(61-70-64(67)58-55-52-49-46-43-40-37-34-30-27-24-21-18-15-12-9-6-3)72-66(69)60-57-54-51-48-45-42-39-35-32-29-26-23-20-17-14-11-8-5-2/h9,12,16,18-19,21-22,25,27,30,35,37,39-40,46,49,63H,4-8,10-11,13-15,17,20,23-24,26,28-29,31-34,36,38,41-45,47-48,50-62H2,1-3H3/b12-9-,19-16-,21-18-,25-22-,30-27-,39-35-,40-37-,49-46-. The van der Waals surface area contributed by atoms with Crippen molar-refractivity contribution >= 4 is 17.9 Å². The van der Waals surface area contributed by atoms with Gasteiger partial charge in [-0.15, -0.1) is 0 Å². The Kier molecular flexibility index (Phi) is 56.8. The van der Waals surface area contributed by atoms with E-state index in [9.17, 15) is 14.4 Å². The molecule has 0 bridgehead atoms. The number of unbranched alkanes of at least 4 members (excludes halogenated alkanes) is 28. The van der Waals surface area contributed by atoms with E-state index in [2.05, 4.69) is 118 Å². The van der Waals surface area contributed by atoms with Crippen LogP contribution in [0.2, 0.25) is 0 Å². The van der Waals surface area contributed by atoms with Crippen molar-refractivity contribution in [1.29, 1.82) is 0 Å². The SMILES string of the molecule is CC/C=C\C/C=C\C/C=C\C/C=C\C/C=C\CCCC(=O)OCC(COC(=O)CCCCCCCCCCCC/C=C\C=C/CCCCC)OC(=O)CCCCCCC/C=C\CCCCCCCCCCC. The minimum Gasteiger partial charge on any atom is -0.462 e. The summed E-state index contributed by atoms with van der Waals surface area (Å²) in [5.74, 6) is -0.966. The van der Waals surface area contributed by atoms with Crippen LogP contribution in [0.25, 0.3) is 0 Å². The fourth-order valence-corrected chi connectivity index (χ4v) is 8.29. The van der Waals surface area contributed by atoms with Gasteiger partial charge in [-0.1, -0.05) is 253 Å². The van der Waals surface area contributed by atoms with Crippen molar-refractivity contribution in [2.75, 3.05) is 13.2 Å². The highest BCUT2D eigenvalue weighted by Gasteiger charge is 2.19. The lowest BCUT2D eigenvalue weighted by Gasteiger charge is -2.18. The molecule has 6 heteroatoms. The molecule has 412 valence electrons. The average molecular weight is 1000 g/mol. The van der Waals surface area contributed by atoms with Crippen molar-refractivity contribution in [3.05, 3.63) is 97.2 Å². The van der Waals surface area contributed by atoms with E-state index >= 15 is 0 Å². The zero-order valence-electron chi connectivity index (χ0n) is 47.2. The summed E-state index contributed by atoms with van der Waals surface area (Å²) >= 11 is 0. The van der Waals surface area contributed by atoms with E-state index in [1.165, 1.54) is 148 Å². The van der Waals surface area contributed by atoms with Crippen LogP contribution >= 0.6 is 0 Å². The van der Waals surface area contributed by atoms with Crippen LogP contribution in [0.4, 0.5) is 0 Å². The monoisotopic (exact) mass is 1000 g/mol. The van der Waals surface area contributed by atoms with Crippen molar-refractivity contribution in [1.82, 2.24) is 0 Å². The Hall–Kier alpha value is -3.67. The normalized spacial score (nSPS) is 12.8. The molecule has 1 unspecified atom stereocenters. The summed E-state index contributed by atoms with van der Waals surface area (Å²) in [4.78, 5) is 38.2. The number of carbonyl (C=O) groups excluding carboxylic acids is 3. The first-order valence-corrected chi connectivity index (χ1v) is 30.3. The molecule has 0 spiro atoms. The minimum absolute atomic E-state index is 0.100. The van der Waals surface area contributed by atoms with Gasteiger partial charge in [0.2, 0.25) is 0 Å². The first-order valence-electron chi connectivity index (χ1n) is 30.3. The average Bonchev–Trinajstić information content (AvgIpc) is 3.38. The second-order valence-electron chi connectivity index (χ2n) is 19.9. The van der Waals surface area contributed by atoms with E-state index < -0.39 is 6.10 Å². The topological polar surface area (TPSA) is 78.9 Å². The number of allylic oxidation sites excluding steroid dienone is 16. The highest BCUT2D eigenvalue weighted by Crippen LogP contribution is 2.15. The summed E-state index contributed by atoms with van der Waals surface area (Å²) in [6, 6.07) is 0. The molecule has 0 amide bonds. The summed E-state index contributed by atoms with van der Waals surface area (Å²) in [6.07, 6.45) is 79.8. The third-order valence-electron chi connectivity index (χ3n) is 12.8. The number of rotatable bonds is 54. The van der Waals surface area contributed by atoms with E-state index in [4.69, 9.17) is 14.2 Å². The molecule has 0 aliphatic carbocycles. The molecule has 0 fully saturated rings. The summed E-state index contributed by atoms with van der Waals surface area (Å²) in [7, 11) is 0. The lowest BCUT2D eigenvalue weighted by atomic mass is 10.1. The third kappa shape index (κ3) is 57.2. The van der Waals surface area contributed by atoms with Gasteiger partial charge in [0.25, 0.3) is 0 Å². The first-order chi connectivity index (χ1) is 35.5. The summed E-state index contributed by atoms with van der Waals surface area (Å²) < 4.78 is 16.8. The predicted molar refractivity (Wildman–Crippen MR) is 311 cm³/mol. The predicted octanol–water partition coefficient (Wildman–Crippen LogP) is 20.5. The van der Waals surface area contributed by atoms with Crippen molar-refractivity contribution in [2.24, 2.45) is 0 Å². The van der Waals surface area contributed by atoms with Crippen molar-refractivity contribution in [3.63, 3.8) is 0 Å². The summed E-state index contributed by atoms with van der Waals surface area (Å²) in [5.41, 5.74) is 0. The van der Waals surface area contributed by atoms with Gasteiger partial charge in [-0.25, -0.2) is 0 Å².